The van der Waals surface area contributed by atoms with Crippen molar-refractivity contribution < 1.29 is 9.59 Å². The van der Waals surface area contributed by atoms with Gasteiger partial charge >= 0.3 is 0 Å². The summed E-state index contributed by atoms with van der Waals surface area (Å²) in [7, 11) is 0. The van der Waals surface area contributed by atoms with Crippen LogP contribution in [0.3, 0.4) is 0 Å². The Morgan fingerprint density at radius 3 is 3.18 bits per heavy atom. The molecule has 0 bridgehead atoms. The minimum Gasteiger partial charge on any atom is -0.350 e. The van der Waals surface area contributed by atoms with Crippen LogP contribution in [-0.2, 0) is 16.1 Å². The highest BCUT2D eigenvalue weighted by molar-refractivity contribution is 5.90. The van der Waals surface area contributed by atoms with Gasteiger partial charge in [-0.3, -0.25) is 14.3 Å². The maximum absolute atomic E-state index is 11.8. The molecule has 1 aliphatic rings. The van der Waals surface area contributed by atoms with Gasteiger partial charge in [-0.25, -0.2) is 0 Å². The topological polar surface area (TPSA) is 76.0 Å². The van der Waals surface area contributed by atoms with Crippen molar-refractivity contribution in [1.29, 1.82) is 0 Å². The van der Waals surface area contributed by atoms with Gasteiger partial charge in [0.25, 0.3) is 0 Å². The summed E-state index contributed by atoms with van der Waals surface area (Å²) in [6.07, 6.45) is 4.57. The third-order valence-corrected chi connectivity index (χ3v) is 2.72. The quantitative estimate of drug-likeness (QED) is 0.751. The number of amides is 2. The Labute approximate surface area is 99.4 Å². The Bertz CT molecular complexity index is 402. The van der Waals surface area contributed by atoms with Crippen LogP contribution in [0.15, 0.2) is 18.5 Å². The van der Waals surface area contributed by atoms with Gasteiger partial charge in [0.1, 0.15) is 6.04 Å². The van der Waals surface area contributed by atoms with Crippen LogP contribution in [-0.4, -0.2) is 33.7 Å². The molecular weight excluding hydrogens is 220 g/mol. The third kappa shape index (κ3) is 3.05. The zero-order valence-electron chi connectivity index (χ0n) is 9.72. The first-order chi connectivity index (χ1) is 8.15. The summed E-state index contributed by atoms with van der Waals surface area (Å²) < 4.78 is 1.76. The Morgan fingerprint density at radius 1 is 1.76 bits per heavy atom. The van der Waals surface area contributed by atoms with E-state index in [0.717, 1.165) is 0 Å². The molecular formula is C11H16N4O2. The Morgan fingerprint density at radius 2 is 2.59 bits per heavy atom. The van der Waals surface area contributed by atoms with Gasteiger partial charge in [0.15, 0.2) is 0 Å². The lowest BCUT2D eigenvalue weighted by atomic mass is 10.2. The third-order valence-electron chi connectivity index (χ3n) is 2.72. The summed E-state index contributed by atoms with van der Waals surface area (Å²) in [4.78, 5) is 22.8. The van der Waals surface area contributed by atoms with Gasteiger partial charge in [-0.2, -0.15) is 5.10 Å². The summed E-state index contributed by atoms with van der Waals surface area (Å²) >= 11 is 0. The van der Waals surface area contributed by atoms with E-state index in [4.69, 9.17) is 0 Å². The Kier molecular flexibility index (Phi) is 3.41. The van der Waals surface area contributed by atoms with Crippen LogP contribution in [0.25, 0.3) is 0 Å². The van der Waals surface area contributed by atoms with Gasteiger partial charge in [-0.1, -0.05) is 0 Å². The molecule has 6 nitrogen and oxygen atoms in total. The number of hydrogen-bond acceptors (Lipinski definition) is 3. The van der Waals surface area contributed by atoms with Crippen molar-refractivity contribution in [2.45, 2.75) is 38.4 Å². The van der Waals surface area contributed by atoms with Crippen molar-refractivity contribution in [3.05, 3.63) is 18.5 Å². The molecule has 1 aliphatic heterocycles. The van der Waals surface area contributed by atoms with E-state index in [1.807, 2.05) is 19.2 Å². The molecule has 1 fully saturated rings. The zero-order valence-corrected chi connectivity index (χ0v) is 9.72. The van der Waals surface area contributed by atoms with Crippen LogP contribution in [0.5, 0.6) is 0 Å². The van der Waals surface area contributed by atoms with Crippen molar-refractivity contribution in [3.8, 4) is 0 Å². The highest BCUT2D eigenvalue weighted by Gasteiger charge is 2.27. The molecule has 2 unspecified atom stereocenters. The molecule has 0 aromatic carbocycles. The maximum atomic E-state index is 11.8. The number of aromatic nitrogens is 2. The smallest absolute Gasteiger partial charge is 0.242 e. The first kappa shape index (κ1) is 11.6. The predicted molar refractivity (Wildman–Crippen MR) is 61.0 cm³/mol. The molecule has 0 aliphatic carbocycles. The van der Waals surface area contributed by atoms with Crippen molar-refractivity contribution >= 4 is 11.8 Å². The number of nitrogens with one attached hydrogen (secondary N) is 2. The lowest BCUT2D eigenvalue weighted by Crippen LogP contribution is -2.46. The lowest BCUT2D eigenvalue weighted by molar-refractivity contribution is -0.126. The second-order valence-electron chi connectivity index (χ2n) is 4.30. The number of carbonyl (C=O) groups is 2. The normalized spacial score (nSPS) is 21.0. The number of nitrogens with zero attached hydrogens (tertiary/aromatic N) is 2. The van der Waals surface area contributed by atoms with Gasteiger partial charge in [0.2, 0.25) is 11.8 Å². The van der Waals surface area contributed by atoms with Crippen molar-refractivity contribution in [2.24, 2.45) is 0 Å². The minimum absolute atomic E-state index is 0.0140. The largest absolute Gasteiger partial charge is 0.350 e. The molecule has 1 saturated heterocycles. The van der Waals surface area contributed by atoms with Crippen LogP contribution in [0, 0.1) is 0 Å². The number of carbonyl (C=O) groups excluding carboxylic acids is 2. The highest BCUT2D eigenvalue weighted by Crippen LogP contribution is 2.06. The molecule has 1 aromatic rings. The van der Waals surface area contributed by atoms with E-state index < -0.39 is 0 Å². The standard InChI is InChI=1S/C11H16N4O2/c1-8(7-15-6-2-5-12-15)13-11(17)9-3-4-10(16)14-9/h2,5-6,8-9H,3-4,7H2,1H3,(H,13,17)(H,14,16). The summed E-state index contributed by atoms with van der Waals surface area (Å²) in [5, 5.41) is 9.58. The summed E-state index contributed by atoms with van der Waals surface area (Å²) in [5.74, 6) is -0.166. The average Bonchev–Trinajstić information content (AvgIpc) is 2.89. The molecule has 17 heavy (non-hydrogen) atoms. The second kappa shape index (κ2) is 4.99. The van der Waals surface area contributed by atoms with E-state index in [-0.39, 0.29) is 23.9 Å². The van der Waals surface area contributed by atoms with Crippen molar-refractivity contribution in [1.82, 2.24) is 20.4 Å². The highest BCUT2D eigenvalue weighted by atomic mass is 16.2. The van der Waals surface area contributed by atoms with Crippen molar-refractivity contribution in [2.75, 3.05) is 0 Å². The van der Waals surface area contributed by atoms with Gasteiger partial charge in [0.05, 0.1) is 6.54 Å². The van der Waals surface area contributed by atoms with Gasteiger partial charge in [-0.15, -0.1) is 0 Å². The summed E-state index contributed by atoms with van der Waals surface area (Å²) in [5.41, 5.74) is 0. The average molecular weight is 236 g/mol. The van der Waals surface area contributed by atoms with Crippen molar-refractivity contribution in [3.63, 3.8) is 0 Å². The molecule has 2 amide bonds. The van der Waals surface area contributed by atoms with E-state index in [2.05, 4.69) is 15.7 Å². The van der Waals surface area contributed by atoms with E-state index in [1.54, 1.807) is 10.9 Å². The zero-order chi connectivity index (χ0) is 12.3. The fourth-order valence-corrected chi connectivity index (χ4v) is 1.89. The van der Waals surface area contributed by atoms with Crippen LogP contribution in [0.2, 0.25) is 0 Å². The fraction of sp³-hybridized carbons (Fsp3) is 0.545. The molecule has 2 atom stereocenters. The van der Waals surface area contributed by atoms with Gasteiger partial charge in [0, 0.05) is 24.9 Å². The molecule has 2 rings (SSSR count). The molecule has 92 valence electrons. The molecule has 1 aromatic heterocycles. The molecule has 2 N–H and O–H groups in total. The summed E-state index contributed by atoms with van der Waals surface area (Å²) in [6, 6.07) is 1.45. The number of rotatable bonds is 4. The molecule has 0 spiro atoms. The molecule has 2 heterocycles. The number of hydrogen-bond donors (Lipinski definition) is 2. The van der Waals surface area contributed by atoms with E-state index in [1.165, 1.54) is 0 Å². The van der Waals surface area contributed by atoms with Crippen LogP contribution >= 0.6 is 0 Å². The first-order valence-corrected chi connectivity index (χ1v) is 5.72. The van der Waals surface area contributed by atoms with E-state index in [9.17, 15) is 9.59 Å². The molecule has 0 radical (unpaired) electrons. The molecule has 6 heteroatoms. The molecule has 0 saturated carbocycles. The monoisotopic (exact) mass is 236 g/mol. The van der Waals surface area contributed by atoms with Crippen LogP contribution in [0.1, 0.15) is 19.8 Å². The maximum Gasteiger partial charge on any atom is 0.242 e. The Hall–Kier alpha value is -1.85. The van der Waals surface area contributed by atoms with Gasteiger partial charge in [-0.05, 0) is 19.4 Å². The van der Waals surface area contributed by atoms with E-state index in [0.29, 0.717) is 19.4 Å². The first-order valence-electron chi connectivity index (χ1n) is 5.72. The Balaban J connectivity index is 1.80. The minimum atomic E-state index is -0.373. The van der Waals surface area contributed by atoms with Crippen LogP contribution < -0.4 is 10.6 Å². The SMILES string of the molecule is CC(Cn1cccn1)NC(=O)C1CCC(=O)N1. The van der Waals surface area contributed by atoms with Gasteiger partial charge < -0.3 is 10.6 Å². The lowest BCUT2D eigenvalue weighted by Gasteiger charge is -2.17. The van der Waals surface area contributed by atoms with E-state index >= 15 is 0 Å². The predicted octanol–water partition coefficient (Wildman–Crippen LogP) is -0.334. The summed E-state index contributed by atoms with van der Waals surface area (Å²) in [6.45, 7) is 2.54. The second-order valence-corrected chi connectivity index (χ2v) is 4.30. The van der Waals surface area contributed by atoms with Crippen LogP contribution in [0.4, 0.5) is 0 Å². The fourth-order valence-electron chi connectivity index (χ4n) is 1.89.